The summed E-state index contributed by atoms with van der Waals surface area (Å²) in [6.45, 7) is 2.22. The van der Waals surface area contributed by atoms with E-state index in [0.717, 1.165) is 19.3 Å². The molecule has 0 fully saturated rings. The van der Waals surface area contributed by atoms with Crippen molar-refractivity contribution < 1.29 is 28.8 Å². The molecule has 0 spiro atoms. The predicted molar refractivity (Wildman–Crippen MR) is 89.8 cm³/mol. The van der Waals surface area contributed by atoms with Gasteiger partial charge in [-0.25, -0.2) is 9.36 Å². The molecule has 6 nitrogen and oxygen atoms in total. The molecule has 0 heterocycles. The summed E-state index contributed by atoms with van der Waals surface area (Å²) in [5.74, 6) is -1.25. The van der Waals surface area contributed by atoms with Crippen LogP contribution in [0, 0.1) is 0 Å². The van der Waals surface area contributed by atoms with Crippen LogP contribution in [0.3, 0.4) is 0 Å². The number of hydrogen-bond acceptors (Lipinski definition) is 4. The average Bonchev–Trinajstić information content (AvgIpc) is 2.46. The smallest absolute Gasteiger partial charge is 0.381 e. The van der Waals surface area contributed by atoms with Gasteiger partial charge in [0.2, 0.25) is 0 Å². The summed E-state index contributed by atoms with van der Waals surface area (Å²) in [7, 11) is -4.86. The van der Waals surface area contributed by atoms with E-state index in [1.165, 1.54) is 51.4 Å². The fourth-order valence-corrected chi connectivity index (χ4v) is 2.83. The Morgan fingerprint density at radius 2 is 1.26 bits per heavy atom. The van der Waals surface area contributed by atoms with Crippen LogP contribution in [0.2, 0.25) is 0 Å². The van der Waals surface area contributed by atoms with E-state index in [9.17, 15) is 14.5 Å². The maximum absolute atomic E-state index is 11.1. The molecule has 0 bridgehead atoms. The molecule has 23 heavy (non-hydrogen) atoms. The van der Waals surface area contributed by atoms with Gasteiger partial charge in [0.1, 0.15) is 0 Å². The molecule has 0 saturated heterocycles. The van der Waals surface area contributed by atoms with Gasteiger partial charge < -0.3 is 9.63 Å². The van der Waals surface area contributed by atoms with Crippen molar-refractivity contribution in [2.24, 2.45) is 0 Å². The zero-order valence-electron chi connectivity index (χ0n) is 14.3. The summed E-state index contributed by atoms with van der Waals surface area (Å²) >= 11 is 0. The van der Waals surface area contributed by atoms with E-state index in [1.54, 1.807) is 0 Å². The van der Waals surface area contributed by atoms with E-state index in [0.29, 0.717) is 6.42 Å². The van der Waals surface area contributed by atoms with Gasteiger partial charge in [0, 0.05) is 0 Å². The second-order valence-corrected chi connectivity index (χ2v) is 7.26. The number of hydrogen-bond donors (Lipinski definition) is 3. The quantitative estimate of drug-likeness (QED) is 0.303. The van der Waals surface area contributed by atoms with Crippen LogP contribution in [0.25, 0.3) is 0 Å². The van der Waals surface area contributed by atoms with Crippen molar-refractivity contribution in [2.75, 3.05) is 0 Å². The molecule has 138 valence electrons. The standard InChI is InChI=1S/C16H33O6P/c1-2-3-4-5-6-7-8-9-10-11-12-13-14-15(17)16(18)22-23(19,20)21/h15,17H,2-14H2,1H3,(H2,19,20,21). The molecule has 1 unspecified atom stereocenters. The first-order valence-electron chi connectivity index (χ1n) is 8.84. The lowest BCUT2D eigenvalue weighted by atomic mass is 10.0. The number of phosphoric acid groups is 1. The molecule has 0 aromatic carbocycles. The van der Waals surface area contributed by atoms with Crippen molar-refractivity contribution >= 4 is 13.8 Å². The summed E-state index contributed by atoms with van der Waals surface area (Å²) in [6.07, 6.45) is 12.9. The largest absolute Gasteiger partial charge is 0.527 e. The molecule has 0 aliphatic rings. The maximum Gasteiger partial charge on any atom is 0.527 e. The highest BCUT2D eigenvalue weighted by atomic mass is 31.2. The van der Waals surface area contributed by atoms with Gasteiger partial charge in [-0.1, -0.05) is 84.0 Å². The predicted octanol–water partition coefficient (Wildman–Crippen LogP) is 4.07. The molecule has 0 saturated carbocycles. The number of aliphatic hydroxyl groups excluding tert-OH is 1. The van der Waals surface area contributed by atoms with Gasteiger partial charge in [0.05, 0.1) is 0 Å². The van der Waals surface area contributed by atoms with Crippen molar-refractivity contribution in [2.45, 2.75) is 96.5 Å². The van der Waals surface area contributed by atoms with E-state index < -0.39 is 19.9 Å². The monoisotopic (exact) mass is 352 g/mol. The molecule has 0 amide bonds. The van der Waals surface area contributed by atoms with E-state index in [4.69, 9.17) is 9.79 Å². The Balaban J connectivity index is 3.36. The van der Waals surface area contributed by atoms with Crippen LogP contribution >= 0.6 is 7.82 Å². The zero-order valence-corrected chi connectivity index (χ0v) is 15.2. The highest BCUT2D eigenvalue weighted by Crippen LogP contribution is 2.36. The third kappa shape index (κ3) is 16.2. The van der Waals surface area contributed by atoms with Crippen LogP contribution in [-0.2, 0) is 13.9 Å². The van der Waals surface area contributed by atoms with Crippen LogP contribution in [0.4, 0.5) is 0 Å². The molecule has 0 aromatic heterocycles. The first kappa shape index (κ1) is 22.6. The van der Waals surface area contributed by atoms with Gasteiger partial charge in [-0.2, -0.15) is 0 Å². The summed E-state index contributed by atoms with van der Waals surface area (Å²) in [4.78, 5) is 28.1. The van der Waals surface area contributed by atoms with Crippen molar-refractivity contribution in [3.63, 3.8) is 0 Å². The molecule has 0 aromatic rings. The van der Waals surface area contributed by atoms with Crippen molar-refractivity contribution in [1.29, 1.82) is 0 Å². The van der Waals surface area contributed by atoms with E-state index in [-0.39, 0.29) is 6.42 Å². The number of aliphatic hydroxyl groups is 1. The molecule has 0 aliphatic heterocycles. The summed E-state index contributed by atoms with van der Waals surface area (Å²) in [5, 5.41) is 9.42. The minimum atomic E-state index is -4.86. The van der Waals surface area contributed by atoms with Crippen molar-refractivity contribution in [3.05, 3.63) is 0 Å². The number of unbranched alkanes of at least 4 members (excludes halogenated alkanes) is 11. The lowest BCUT2D eigenvalue weighted by Gasteiger charge is -2.10. The number of carbonyl (C=O) groups excluding carboxylic acids is 1. The van der Waals surface area contributed by atoms with Gasteiger partial charge in [0.25, 0.3) is 0 Å². The van der Waals surface area contributed by atoms with Crippen LogP contribution < -0.4 is 0 Å². The normalized spacial score (nSPS) is 13.0. The SMILES string of the molecule is CCCCCCCCCCCCCCC(O)C(=O)OP(=O)(O)O. The molecule has 0 rings (SSSR count). The van der Waals surface area contributed by atoms with Gasteiger partial charge in [-0.15, -0.1) is 0 Å². The lowest BCUT2D eigenvalue weighted by molar-refractivity contribution is -0.145. The molecule has 1 atom stereocenters. The minimum Gasteiger partial charge on any atom is -0.381 e. The van der Waals surface area contributed by atoms with Crippen molar-refractivity contribution in [1.82, 2.24) is 0 Å². The molecular weight excluding hydrogens is 319 g/mol. The zero-order chi connectivity index (χ0) is 17.6. The maximum atomic E-state index is 11.1. The highest BCUT2D eigenvalue weighted by Gasteiger charge is 2.25. The van der Waals surface area contributed by atoms with Crippen LogP contribution in [-0.4, -0.2) is 27.0 Å². The van der Waals surface area contributed by atoms with Gasteiger partial charge in [-0.3, -0.25) is 9.79 Å². The van der Waals surface area contributed by atoms with E-state index >= 15 is 0 Å². The fourth-order valence-electron chi connectivity index (χ4n) is 2.47. The summed E-state index contributed by atoms with van der Waals surface area (Å²) in [6, 6.07) is 0. The first-order valence-corrected chi connectivity index (χ1v) is 10.4. The Morgan fingerprint density at radius 3 is 1.65 bits per heavy atom. The third-order valence-corrected chi connectivity index (χ3v) is 4.23. The Labute approximate surface area is 139 Å². The van der Waals surface area contributed by atoms with Crippen LogP contribution in [0.1, 0.15) is 90.4 Å². The Morgan fingerprint density at radius 1 is 0.870 bits per heavy atom. The van der Waals surface area contributed by atoms with E-state index in [2.05, 4.69) is 11.4 Å². The topological polar surface area (TPSA) is 104 Å². The Kier molecular flexibility index (Phi) is 13.7. The summed E-state index contributed by atoms with van der Waals surface area (Å²) < 4.78 is 14.3. The first-order chi connectivity index (χ1) is 10.9. The second-order valence-electron chi connectivity index (χ2n) is 6.09. The molecule has 0 aliphatic carbocycles. The molecule has 3 N–H and O–H groups in total. The van der Waals surface area contributed by atoms with Gasteiger partial charge in [0.15, 0.2) is 6.10 Å². The van der Waals surface area contributed by atoms with Gasteiger partial charge >= 0.3 is 13.8 Å². The molecular formula is C16H33O6P. The Hall–Kier alpha value is -0.420. The van der Waals surface area contributed by atoms with E-state index in [1.807, 2.05) is 0 Å². The highest BCUT2D eigenvalue weighted by molar-refractivity contribution is 7.46. The third-order valence-electron chi connectivity index (χ3n) is 3.81. The fraction of sp³-hybridized carbons (Fsp3) is 0.938. The Bertz CT molecular complexity index is 341. The summed E-state index contributed by atoms with van der Waals surface area (Å²) in [5.41, 5.74) is 0. The van der Waals surface area contributed by atoms with Crippen LogP contribution in [0.15, 0.2) is 0 Å². The minimum absolute atomic E-state index is 0.177. The van der Waals surface area contributed by atoms with Crippen LogP contribution in [0.5, 0.6) is 0 Å². The molecule has 0 radical (unpaired) electrons. The lowest BCUT2D eigenvalue weighted by Crippen LogP contribution is -2.21. The number of rotatable bonds is 15. The van der Waals surface area contributed by atoms with Gasteiger partial charge in [-0.05, 0) is 6.42 Å². The average molecular weight is 352 g/mol. The number of carbonyl (C=O) groups is 1. The second kappa shape index (κ2) is 14.0. The van der Waals surface area contributed by atoms with Crippen molar-refractivity contribution in [3.8, 4) is 0 Å². The molecule has 7 heteroatoms. The number of phosphoric ester groups is 1.